The summed E-state index contributed by atoms with van der Waals surface area (Å²) in [5, 5.41) is 13.1. The van der Waals surface area contributed by atoms with Gasteiger partial charge in [-0.2, -0.15) is 9.41 Å². The molecule has 0 bridgehead atoms. The Morgan fingerprint density at radius 1 is 1.06 bits per heavy atom. The quantitative estimate of drug-likeness (QED) is 0.329. The normalized spacial score (nSPS) is 11.5. The Labute approximate surface area is 203 Å². The van der Waals surface area contributed by atoms with Crippen LogP contribution in [0.25, 0.3) is 0 Å². The number of carboxylic acid groups (broad SMARTS) is 1. The van der Waals surface area contributed by atoms with Gasteiger partial charge in [0, 0.05) is 12.1 Å². The number of hydrazone groups is 1. The Balaban J connectivity index is 1.83. The van der Waals surface area contributed by atoms with Crippen molar-refractivity contribution in [2.24, 2.45) is 5.10 Å². The van der Waals surface area contributed by atoms with Crippen molar-refractivity contribution >= 4 is 28.1 Å². The summed E-state index contributed by atoms with van der Waals surface area (Å²) in [5.41, 5.74) is 3.93. The maximum absolute atomic E-state index is 13.4. The summed E-state index contributed by atoms with van der Waals surface area (Å²) < 4.78 is 33.1. The first kappa shape index (κ1) is 25.6. The number of carbonyl (C=O) groups is 2. The molecule has 9 nitrogen and oxygen atoms in total. The van der Waals surface area contributed by atoms with E-state index in [1.807, 2.05) is 6.07 Å². The van der Waals surface area contributed by atoms with Crippen LogP contribution in [-0.4, -0.2) is 49.6 Å². The SMILES string of the molecule is COc1ccc(S(=O)(=O)N(CC(=O)NN=Cc2ccccc2C(=O)O)Cc2ccccc2)cc1C. The maximum atomic E-state index is 13.4. The second-order valence-electron chi connectivity index (χ2n) is 7.58. The lowest BCUT2D eigenvalue weighted by Gasteiger charge is -2.22. The van der Waals surface area contributed by atoms with E-state index in [0.717, 1.165) is 4.31 Å². The molecule has 0 saturated carbocycles. The Hall–Kier alpha value is -4.02. The zero-order valence-corrected chi connectivity index (χ0v) is 20.0. The zero-order chi connectivity index (χ0) is 25.4. The zero-order valence-electron chi connectivity index (χ0n) is 19.2. The largest absolute Gasteiger partial charge is 0.496 e. The monoisotopic (exact) mass is 495 g/mol. The number of ether oxygens (including phenoxy) is 1. The average Bonchev–Trinajstić information content (AvgIpc) is 2.84. The van der Waals surface area contributed by atoms with Crippen LogP contribution in [0.3, 0.4) is 0 Å². The van der Waals surface area contributed by atoms with E-state index in [-0.39, 0.29) is 17.0 Å². The summed E-state index contributed by atoms with van der Waals surface area (Å²) in [6.07, 6.45) is 1.20. The van der Waals surface area contributed by atoms with Crippen molar-refractivity contribution in [1.29, 1.82) is 0 Å². The van der Waals surface area contributed by atoms with Gasteiger partial charge in [-0.25, -0.2) is 18.6 Å². The first-order valence-corrected chi connectivity index (χ1v) is 12.0. The number of amides is 1. The van der Waals surface area contributed by atoms with Crippen molar-refractivity contribution in [3.05, 3.63) is 95.1 Å². The van der Waals surface area contributed by atoms with Crippen molar-refractivity contribution in [3.63, 3.8) is 0 Å². The van der Waals surface area contributed by atoms with Crippen molar-refractivity contribution in [1.82, 2.24) is 9.73 Å². The van der Waals surface area contributed by atoms with Gasteiger partial charge >= 0.3 is 5.97 Å². The molecule has 35 heavy (non-hydrogen) atoms. The van der Waals surface area contributed by atoms with Crippen LogP contribution in [0.2, 0.25) is 0 Å². The van der Waals surface area contributed by atoms with Crippen LogP contribution in [0.15, 0.2) is 82.8 Å². The van der Waals surface area contributed by atoms with Gasteiger partial charge in [-0.05, 0) is 42.3 Å². The highest BCUT2D eigenvalue weighted by atomic mass is 32.2. The Bertz CT molecular complexity index is 1340. The highest BCUT2D eigenvalue weighted by molar-refractivity contribution is 7.89. The molecule has 0 spiro atoms. The van der Waals surface area contributed by atoms with Crippen LogP contribution in [0, 0.1) is 6.92 Å². The molecule has 3 aromatic rings. The second kappa shape index (κ2) is 11.4. The van der Waals surface area contributed by atoms with Gasteiger partial charge in [-0.1, -0.05) is 48.5 Å². The van der Waals surface area contributed by atoms with Crippen molar-refractivity contribution < 1.29 is 27.9 Å². The Kier molecular flexibility index (Phi) is 8.34. The number of aromatic carboxylic acids is 1. The topological polar surface area (TPSA) is 125 Å². The third kappa shape index (κ3) is 6.52. The van der Waals surface area contributed by atoms with Crippen molar-refractivity contribution in [3.8, 4) is 5.75 Å². The molecule has 1 amide bonds. The van der Waals surface area contributed by atoms with Crippen LogP contribution in [0.4, 0.5) is 0 Å². The highest BCUT2D eigenvalue weighted by Crippen LogP contribution is 2.24. The van der Waals surface area contributed by atoms with Crippen molar-refractivity contribution in [2.75, 3.05) is 13.7 Å². The first-order valence-electron chi connectivity index (χ1n) is 10.6. The van der Waals surface area contributed by atoms with Crippen LogP contribution in [0.5, 0.6) is 5.75 Å². The fourth-order valence-electron chi connectivity index (χ4n) is 3.35. The number of hydrogen-bond donors (Lipinski definition) is 2. The van der Waals surface area contributed by atoms with Gasteiger partial charge < -0.3 is 9.84 Å². The van der Waals surface area contributed by atoms with E-state index in [0.29, 0.717) is 22.4 Å². The Morgan fingerprint density at radius 2 is 1.74 bits per heavy atom. The van der Waals surface area contributed by atoms with E-state index in [9.17, 15) is 23.1 Å². The predicted molar refractivity (Wildman–Crippen MR) is 131 cm³/mol. The molecule has 0 saturated heterocycles. The molecule has 0 aromatic heterocycles. The van der Waals surface area contributed by atoms with Gasteiger partial charge in [0.05, 0.1) is 30.3 Å². The molecule has 10 heteroatoms. The predicted octanol–water partition coefficient (Wildman–Crippen LogP) is 3.04. The van der Waals surface area contributed by atoms with E-state index >= 15 is 0 Å². The lowest BCUT2D eigenvalue weighted by atomic mass is 10.1. The van der Waals surface area contributed by atoms with Crippen LogP contribution in [0.1, 0.15) is 27.0 Å². The molecule has 3 rings (SSSR count). The molecule has 0 radical (unpaired) electrons. The minimum atomic E-state index is -4.05. The minimum Gasteiger partial charge on any atom is -0.496 e. The molecule has 0 aliphatic heterocycles. The smallest absolute Gasteiger partial charge is 0.336 e. The summed E-state index contributed by atoms with van der Waals surface area (Å²) >= 11 is 0. The van der Waals surface area contributed by atoms with E-state index in [2.05, 4.69) is 10.5 Å². The first-order chi connectivity index (χ1) is 16.7. The number of methoxy groups -OCH3 is 1. The molecular weight excluding hydrogens is 470 g/mol. The Morgan fingerprint density at radius 3 is 2.40 bits per heavy atom. The number of aryl methyl sites for hydroxylation is 1. The summed E-state index contributed by atoms with van der Waals surface area (Å²) in [4.78, 5) is 24.0. The molecule has 0 fully saturated rings. The lowest BCUT2D eigenvalue weighted by molar-refractivity contribution is -0.121. The standard InChI is InChI=1S/C25H25N3O6S/c1-18-14-21(12-13-23(18)34-2)35(32,33)28(16-19-8-4-3-5-9-19)17-24(29)27-26-15-20-10-6-7-11-22(20)25(30)31/h3-15H,16-17H2,1-2H3,(H,27,29)(H,30,31). The average molecular weight is 496 g/mol. The molecule has 2 N–H and O–H groups in total. The van der Waals surface area contributed by atoms with E-state index in [1.165, 1.54) is 37.6 Å². The number of nitrogens with one attached hydrogen (secondary N) is 1. The van der Waals surface area contributed by atoms with Crippen LogP contribution >= 0.6 is 0 Å². The van der Waals surface area contributed by atoms with Gasteiger partial charge in [0.25, 0.3) is 5.91 Å². The molecule has 0 aliphatic rings. The summed E-state index contributed by atoms with van der Waals surface area (Å²) in [6.45, 7) is 1.20. The number of rotatable bonds is 10. The fourth-order valence-corrected chi connectivity index (χ4v) is 4.82. The van der Waals surface area contributed by atoms with Crippen LogP contribution in [-0.2, 0) is 21.4 Å². The number of carboxylic acids is 1. The second-order valence-corrected chi connectivity index (χ2v) is 9.51. The summed E-state index contributed by atoms with van der Waals surface area (Å²) in [5.74, 6) is -1.26. The number of sulfonamides is 1. The third-order valence-corrected chi connectivity index (χ3v) is 6.90. The number of benzene rings is 3. The fraction of sp³-hybridized carbons (Fsp3) is 0.160. The molecule has 0 aliphatic carbocycles. The van der Waals surface area contributed by atoms with Gasteiger partial charge in [-0.15, -0.1) is 0 Å². The van der Waals surface area contributed by atoms with Crippen molar-refractivity contribution in [2.45, 2.75) is 18.4 Å². The highest BCUT2D eigenvalue weighted by Gasteiger charge is 2.27. The van der Waals surface area contributed by atoms with Crippen LogP contribution < -0.4 is 10.2 Å². The van der Waals surface area contributed by atoms with E-state index < -0.39 is 28.4 Å². The number of hydrogen-bond acceptors (Lipinski definition) is 6. The van der Waals surface area contributed by atoms with E-state index in [4.69, 9.17) is 4.74 Å². The molecule has 3 aromatic carbocycles. The number of carbonyl (C=O) groups excluding carboxylic acids is 1. The van der Waals surface area contributed by atoms with E-state index in [1.54, 1.807) is 49.4 Å². The third-order valence-electron chi connectivity index (χ3n) is 5.11. The van der Waals surface area contributed by atoms with Gasteiger partial charge in [0.15, 0.2) is 0 Å². The summed E-state index contributed by atoms with van der Waals surface area (Å²) in [6, 6.07) is 19.5. The van der Waals surface area contributed by atoms with Gasteiger partial charge in [-0.3, -0.25) is 4.79 Å². The minimum absolute atomic E-state index is 0.0219. The molecular formula is C25H25N3O6S. The maximum Gasteiger partial charge on any atom is 0.336 e. The summed E-state index contributed by atoms with van der Waals surface area (Å²) in [7, 11) is -2.55. The molecule has 0 unspecified atom stereocenters. The lowest BCUT2D eigenvalue weighted by Crippen LogP contribution is -2.39. The molecule has 0 heterocycles. The number of nitrogens with zero attached hydrogens (tertiary/aromatic N) is 2. The van der Waals surface area contributed by atoms with Gasteiger partial charge in [0.2, 0.25) is 10.0 Å². The molecule has 0 atom stereocenters. The molecule has 182 valence electrons. The van der Waals surface area contributed by atoms with Gasteiger partial charge in [0.1, 0.15) is 5.75 Å².